The summed E-state index contributed by atoms with van der Waals surface area (Å²) < 4.78 is 31.8. The molecule has 0 saturated heterocycles. The second-order valence-electron chi connectivity index (χ2n) is 4.69. The van der Waals surface area contributed by atoms with Crippen molar-refractivity contribution in [3.63, 3.8) is 0 Å². The minimum absolute atomic E-state index is 0.0749. The van der Waals surface area contributed by atoms with E-state index < -0.39 is 12.3 Å². The van der Waals surface area contributed by atoms with Crippen molar-refractivity contribution in [3.8, 4) is 11.6 Å². The van der Waals surface area contributed by atoms with Crippen LogP contribution < -0.4 is 4.31 Å². The van der Waals surface area contributed by atoms with Crippen molar-refractivity contribution in [2.75, 3.05) is 10.6 Å². The molecule has 9 heteroatoms. The first kappa shape index (κ1) is 16.3. The van der Waals surface area contributed by atoms with Gasteiger partial charge in [-0.15, -0.1) is 10.2 Å². The molecule has 0 radical (unpaired) electrons. The summed E-state index contributed by atoms with van der Waals surface area (Å²) in [5, 5.41) is 6.82. The monoisotopic (exact) mass is 349 g/mol. The number of halogens is 2. The molecule has 124 valence electrons. The third-order valence-electron chi connectivity index (χ3n) is 3.12. The molecule has 0 fully saturated rings. The van der Waals surface area contributed by atoms with Crippen LogP contribution in [0, 0.1) is 0 Å². The number of hydrogen-bond donors (Lipinski definition) is 0. The molecule has 0 aliphatic rings. The topological polar surface area (TPSA) is 67.9 Å². The van der Waals surface area contributed by atoms with Crippen LogP contribution in [0.15, 0.2) is 47.1 Å². The highest BCUT2D eigenvalue weighted by Crippen LogP contribution is 2.24. The van der Waals surface area contributed by atoms with Crippen LogP contribution in [0.4, 0.5) is 14.5 Å². The SMILES string of the molecule is CSN(Cc1cnc(-c2nnc(C(F)F)o2)cn1)c1ccccc1. The zero-order valence-electron chi connectivity index (χ0n) is 12.6. The number of benzene rings is 1. The van der Waals surface area contributed by atoms with E-state index in [0.717, 1.165) is 11.4 Å². The third-order valence-corrected chi connectivity index (χ3v) is 3.90. The zero-order chi connectivity index (χ0) is 16.9. The molecule has 0 spiro atoms. The van der Waals surface area contributed by atoms with Gasteiger partial charge >= 0.3 is 6.43 Å². The predicted molar refractivity (Wildman–Crippen MR) is 86.4 cm³/mol. The summed E-state index contributed by atoms with van der Waals surface area (Å²) in [5.74, 6) is -0.803. The van der Waals surface area contributed by atoms with Gasteiger partial charge in [0.25, 0.3) is 11.8 Å². The van der Waals surface area contributed by atoms with Crippen molar-refractivity contribution in [3.05, 3.63) is 54.3 Å². The van der Waals surface area contributed by atoms with E-state index >= 15 is 0 Å². The summed E-state index contributed by atoms with van der Waals surface area (Å²) in [6, 6.07) is 9.88. The van der Waals surface area contributed by atoms with Gasteiger partial charge in [0.05, 0.1) is 24.6 Å². The zero-order valence-corrected chi connectivity index (χ0v) is 13.5. The van der Waals surface area contributed by atoms with Gasteiger partial charge in [-0.3, -0.25) is 4.98 Å². The van der Waals surface area contributed by atoms with Crippen LogP contribution in [-0.2, 0) is 6.54 Å². The van der Waals surface area contributed by atoms with Crippen LogP contribution in [0.25, 0.3) is 11.6 Å². The number of nitrogens with zero attached hydrogens (tertiary/aromatic N) is 5. The van der Waals surface area contributed by atoms with E-state index in [4.69, 9.17) is 4.42 Å². The fourth-order valence-electron chi connectivity index (χ4n) is 1.98. The van der Waals surface area contributed by atoms with Gasteiger partial charge in [0.15, 0.2) is 0 Å². The van der Waals surface area contributed by atoms with Gasteiger partial charge in [0, 0.05) is 11.9 Å². The van der Waals surface area contributed by atoms with E-state index in [1.54, 1.807) is 18.1 Å². The molecule has 0 saturated carbocycles. The molecule has 2 heterocycles. The molecule has 6 nitrogen and oxygen atoms in total. The third kappa shape index (κ3) is 3.67. The number of rotatable bonds is 6. The Hall–Kier alpha value is -2.55. The fraction of sp³-hybridized carbons (Fsp3) is 0.200. The maximum absolute atomic E-state index is 12.5. The molecule has 0 aliphatic heterocycles. The number of aromatic nitrogens is 4. The van der Waals surface area contributed by atoms with Crippen LogP contribution in [0.5, 0.6) is 0 Å². The highest BCUT2D eigenvalue weighted by atomic mass is 32.2. The second kappa shape index (κ2) is 7.35. The standard InChI is InChI=1S/C15H13F2N5OS/c1-24-22(11-5-3-2-4-6-11)9-10-7-19-12(8-18-10)14-20-21-15(23-14)13(16)17/h2-8,13H,9H2,1H3. The quantitative estimate of drug-likeness (QED) is 0.628. The molecular formula is C15H13F2N5OS. The van der Waals surface area contributed by atoms with Gasteiger partial charge in [0.1, 0.15) is 5.69 Å². The van der Waals surface area contributed by atoms with Gasteiger partial charge in [-0.1, -0.05) is 30.1 Å². The molecule has 24 heavy (non-hydrogen) atoms. The Balaban J connectivity index is 1.74. The lowest BCUT2D eigenvalue weighted by Gasteiger charge is -2.20. The Bertz CT molecular complexity index is 782. The molecule has 0 N–H and O–H groups in total. The molecule has 0 atom stereocenters. The van der Waals surface area contributed by atoms with E-state index in [1.807, 2.05) is 36.6 Å². The van der Waals surface area contributed by atoms with E-state index in [1.165, 1.54) is 6.20 Å². The summed E-state index contributed by atoms with van der Waals surface area (Å²) in [4.78, 5) is 8.45. The van der Waals surface area contributed by atoms with Crippen molar-refractivity contribution in [2.45, 2.75) is 13.0 Å². The lowest BCUT2D eigenvalue weighted by Crippen LogP contribution is -2.14. The Morgan fingerprint density at radius 1 is 1.12 bits per heavy atom. The maximum Gasteiger partial charge on any atom is 0.314 e. The average Bonchev–Trinajstić information content (AvgIpc) is 3.11. The van der Waals surface area contributed by atoms with Crippen molar-refractivity contribution in [1.29, 1.82) is 0 Å². The molecular weight excluding hydrogens is 336 g/mol. The van der Waals surface area contributed by atoms with Gasteiger partial charge in [-0.05, 0) is 12.1 Å². The Morgan fingerprint density at radius 3 is 2.50 bits per heavy atom. The molecule has 0 unspecified atom stereocenters. The lowest BCUT2D eigenvalue weighted by molar-refractivity contribution is 0.116. The first-order valence-electron chi connectivity index (χ1n) is 6.97. The molecule has 0 aliphatic carbocycles. The largest absolute Gasteiger partial charge is 0.414 e. The van der Waals surface area contributed by atoms with E-state index in [-0.39, 0.29) is 11.6 Å². The van der Waals surface area contributed by atoms with Crippen LogP contribution in [0.2, 0.25) is 0 Å². The van der Waals surface area contributed by atoms with Crippen LogP contribution in [0.1, 0.15) is 18.0 Å². The summed E-state index contributed by atoms with van der Waals surface area (Å²) >= 11 is 1.57. The van der Waals surface area contributed by atoms with Gasteiger partial charge in [-0.25, -0.2) is 4.98 Å². The Kier molecular flexibility index (Phi) is 4.99. The van der Waals surface area contributed by atoms with Gasteiger partial charge in [-0.2, -0.15) is 8.78 Å². The van der Waals surface area contributed by atoms with Crippen molar-refractivity contribution >= 4 is 17.6 Å². The summed E-state index contributed by atoms with van der Waals surface area (Å²) in [6.45, 7) is 0.546. The van der Waals surface area contributed by atoms with Gasteiger partial charge in [0.2, 0.25) is 0 Å². The maximum atomic E-state index is 12.5. The lowest BCUT2D eigenvalue weighted by atomic mass is 10.3. The highest BCUT2D eigenvalue weighted by molar-refractivity contribution is 7.99. The molecule has 2 aromatic heterocycles. The fourth-order valence-corrected chi connectivity index (χ4v) is 2.57. The number of para-hydroxylation sites is 1. The summed E-state index contributed by atoms with van der Waals surface area (Å²) in [7, 11) is 0. The molecule has 0 bridgehead atoms. The Morgan fingerprint density at radius 2 is 1.92 bits per heavy atom. The normalized spacial score (nSPS) is 11.0. The molecule has 3 rings (SSSR count). The molecule has 3 aromatic rings. The van der Waals surface area contributed by atoms with E-state index in [9.17, 15) is 8.78 Å². The minimum Gasteiger partial charge on any atom is -0.414 e. The van der Waals surface area contributed by atoms with Crippen LogP contribution in [-0.4, -0.2) is 26.4 Å². The highest BCUT2D eigenvalue weighted by Gasteiger charge is 2.18. The van der Waals surface area contributed by atoms with Crippen LogP contribution in [0.3, 0.4) is 0 Å². The first-order chi connectivity index (χ1) is 11.7. The van der Waals surface area contributed by atoms with Crippen molar-refractivity contribution in [2.24, 2.45) is 0 Å². The minimum atomic E-state index is -2.81. The Labute approximate surface area is 141 Å². The summed E-state index contributed by atoms with van der Waals surface area (Å²) in [6.07, 6.45) is 2.16. The van der Waals surface area contributed by atoms with Crippen molar-refractivity contribution < 1.29 is 13.2 Å². The number of alkyl halides is 2. The van der Waals surface area contributed by atoms with E-state index in [2.05, 4.69) is 24.5 Å². The first-order valence-corrected chi connectivity index (χ1v) is 8.15. The van der Waals surface area contributed by atoms with E-state index in [0.29, 0.717) is 6.54 Å². The second-order valence-corrected chi connectivity index (χ2v) is 5.50. The number of anilines is 1. The van der Waals surface area contributed by atoms with Crippen molar-refractivity contribution in [1.82, 2.24) is 20.2 Å². The van der Waals surface area contributed by atoms with Crippen LogP contribution >= 0.6 is 11.9 Å². The smallest absolute Gasteiger partial charge is 0.314 e. The number of hydrogen-bond acceptors (Lipinski definition) is 7. The summed E-state index contributed by atoms with van der Waals surface area (Å²) in [5.41, 5.74) is 2.04. The average molecular weight is 349 g/mol. The predicted octanol–water partition coefficient (Wildman–Crippen LogP) is 3.75. The molecule has 1 aromatic carbocycles. The van der Waals surface area contributed by atoms with Gasteiger partial charge < -0.3 is 8.72 Å². The molecule has 0 amide bonds.